The number of amides is 1. The van der Waals surface area contributed by atoms with Gasteiger partial charge < -0.3 is 10.1 Å². The van der Waals surface area contributed by atoms with E-state index in [1.807, 2.05) is 19.1 Å². The summed E-state index contributed by atoms with van der Waals surface area (Å²) in [5.74, 6) is 0.241. The minimum Gasteiger partial charge on any atom is -0.379 e. The van der Waals surface area contributed by atoms with Crippen LogP contribution in [0.15, 0.2) is 42.5 Å². The second kappa shape index (κ2) is 9.34. The number of carbonyl (C=O) groups is 1. The number of tetrazole rings is 1. The fourth-order valence-corrected chi connectivity index (χ4v) is 3.44. The van der Waals surface area contributed by atoms with E-state index >= 15 is 0 Å². The summed E-state index contributed by atoms with van der Waals surface area (Å²) >= 11 is 6.09. The summed E-state index contributed by atoms with van der Waals surface area (Å²) in [6, 6.07) is 13.5. The van der Waals surface area contributed by atoms with Crippen LogP contribution in [-0.2, 0) is 22.6 Å². The number of aromatic nitrogens is 4. The van der Waals surface area contributed by atoms with Crippen LogP contribution < -0.4 is 5.32 Å². The lowest BCUT2D eigenvalue weighted by atomic mass is 10.1. The van der Waals surface area contributed by atoms with E-state index < -0.39 is 0 Å². The van der Waals surface area contributed by atoms with Crippen LogP contribution >= 0.6 is 11.6 Å². The summed E-state index contributed by atoms with van der Waals surface area (Å²) in [6.45, 7) is 6.20. The zero-order chi connectivity index (χ0) is 20.9. The van der Waals surface area contributed by atoms with Gasteiger partial charge in [-0.1, -0.05) is 41.9 Å². The fourth-order valence-electron chi connectivity index (χ4n) is 3.26. The molecular formula is C21H23ClN6O2. The summed E-state index contributed by atoms with van der Waals surface area (Å²) in [5.41, 5.74) is 3.57. The minimum atomic E-state index is -0.245. The Bertz CT molecular complexity index is 1010. The number of nitrogens with one attached hydrogen (secondary N) is 1. The van der Waals surface area contributed by atoms with Crippen LogP contribution in [0.5, 0.6) is 0 Å². The molecule has 2 heterocycles. The first kappa shape index (κ1) is 20.5. The highest BCUT2D eigenvalue weighted by Crippen LogP contribution is 2.23. The molecule has 3 aromatic rings. The van der Waals surface area contributed by atoms with Crippen LogP contribution in [0.2, 0.25) is 5.02 Å². The van der Waals surface area contributed by atoms with E-state index in [0.29, 0.717) is 16.5 Å². The average Bonchev–Trinajstić information content (AvgIpc) is 3.21. The molecule has 0 saturated carbocycles. The van der Waals surface area contributed by atoms with Crippen molar-refractivity contribution < 1.29 is 9.53 Å². The molecule has 1 aromatic heterocycles. The molecule has 9 heteroatoms. The molecule has 0 bridgehead atoms. The molecule has 1 amide bonds. The lowest BCUT2D eigenvalue weighted by molar-refractivity contribution is -0.117. The van der Waals surface area contributed by atoms with Gasteiger partial charge in [-0.3, -0.25) is 9.69 Å². The van der Waals surface area contributed by atoms with Crippen LogP contribution in [-0.4, -0.2) is 57.3 Å². The number of carbonyl (C=O) groups excluding carboxylic acids is 1. The van der Waals surface area contributed by atoms with Crippen molar-refractivity contribution in [2.24, 2.45) is 0 Å². The molecular weight excluding hydrogens is 404 g/mol. The maximum Gasteiger partial charge on any atom is 0.248 e. The molecule has 8 nitrogen and oxygen atoms in total. The van der Waals surface area contributed by atoms with Gasteiger partial charge in [-0.15, -0.1) is 10.2 Å². The molecule has 1 aliphatic heterocycles. The number of ether oxygens (including phenoxy) is 1. The number of morpholine rings is 1. The summed E-state index contributed by atoms with van der Waals surface area (Å²) in [6.07, 6.45) is 0. The van der Waals surface area contributed by atoms with E-state index in [4.69, 9.17) is 16.3 Å². The fraction of sp³-hybridized carbons (Fsp3) is 0.333. The number of hydrogen-bond acceptors (Lipinski definition) is 6. The standard InChI is InChI=1S/C21H23ClN6O2/c1-15-18(22)3-2-4-19(15)23-20(29)14-28-25-21(24-26-28)17-7-5-16(6-8-17)13-27-9-11-30-12-10-27/h2-8H,9-14H2,1H3,(H,23,29). The third kappa shape index (κ3) is 5.02. The zero-order valence-corrected chi connectivity index (χ0v) is 17.5. The van der Waals surface area contributed by atoms with E-state index in [9.17, 15) is 4.79 Å². The molecule has 1 N–H and O–H groups in total. The van der Waals surface area contributed by atoms with Gasteiger partial charge in [0, 0.05) is 35.9 Å². The second-order valence-electron chi connectivity index (χ2n) is 7.19. The molecule has 30 heavy (non-hydrogen) atoms. The predicted molar refractivity (Wildman–Crippen MR) is 114 cm³/mol. The Hall–Kier alpha value is -2.81. The van der Waals surface area contributed by atoms with Gasteiger partial charge in [0.2, 0.25) is 11.7 Å². The summed E-state index contributed by atoms with van der Waals surface area (Å²) in [4.78, 5) is 16.0. The Morgan fingerprint density at radius 1 is 1.17 bits per heavy atom. The molecule has 1 saturated heterocycles. The first-order valence-corrected chi connectivity index (χ1v) is 10.2. The van der Waals surface area contributed by atoms with Gasteiger partial charge in [-0.2, -0.15) is 4.80 Å². The van der Waals surface area contributed by atoms with Gasteiger partial charge >= 0.3 is 0 Å². The lowest BCUT2D eigenvalue weighted by Crippen LogP contribution is -2.35. The highest BCUT2D eigenvalue weighted by Gasteiger charge is 2.13. The van der Waals surface area contributed by atoms with Gasteiger partial charge in [-0.25, -0.2) is 0 Å². The number of benzene rings is 2. The van der Waals surface area contributed by atoms with Crippen LogP contribution in [0, 0.1) is 6.92 Å². The first-order valence-electron chi connectivity index (χ1n) is 9.81. The number of rotatable bonds is 6. The van der Waals surface area contributed by atoms with Crippen molar-refractivity contribution in [1.82, 2.24) is 25.1 Å². The van der Waals surface area contributed by atoms with Gasteiger partial charge in [0.25, 0.3) is 0 Å². The van der Waals surface area contributed by atoms with Crippen LogP contribution in [0.1, 0.15) is 11.1 Å². The van der Waals surface area contributed by atoms with E-state index in [-0.39, 0.29) is 12.5 Å². The smallest absolute Gasteiger partial charge is 0.248 e. The van der Waals surface area contributed by atoms with E-state index in [2.05, 4.69) is 37.8 Å². The Morgan fingerprint density at radius 3 is 2.70 bits per heavy atom. The lowest BCUT2D eigenvalue weighted by Gasteiger charge is -2.26. The zero-order valence-electron chi connectivity index (χ0n) is 16.7. The highest BCUT2D eigenvalue weighted by atomic mass is 35.5. The normalized spacial score (nSPS) is 14.6. The number of anilines is 1. The molecule has 0 spiro atoms. The Morgan fingerprint density at radius 2 is 1.93 bits per heavy atom. The van der Waals surface area contributed by atoms with E-state index in [0.717, 1.165) is 44.0 Å². The van der Waals surface area contributed by atoms with Crippen LogP contribution in [0.25, 0.3) is 11.4 Å². The monoisotopic (exact) mass is 426 g/mol. The number of hydrogen-bond donors (Lipinski definition) is 1. The molecule has 0 atom stereocenters. The topological polar surface area (TPSA) is 85.2 Å². The van der Waals surface area contributed by atoms with E-state index in [1.54, 1.807) is 18.2 Å². The van der Waals surface area contributed by atoms with Gasteiger partial charge in [-0.05, 0) is 35.4 Å². The van der Waals surface area contributed by atoms with Crippen molar-refractivity contribution in [3.63, 3.8) is 0 Å². The van der Waals surface area contributed by atoms with Crippen molar-refractivity contribution in [3.8, 4) is 11.4 Å². The average molecular weight is 427 g/mol. The molecule has 156 valence electrons. The van der Waals surface area contributed by atoms with Crippen molar-refractivity contribution in [2.45, 2.75) is 20.0 Å². The molecule has 0 radical (unpaired) electrons. The van der Waals surface area contributed by atoms with E-state index in [1.165, 1.54) is 10.4 Å². The Labute approximate surface area is 179 Å². The molecule has 0 aliphatic carbocycles. The molecule has 2 aromatic carbocycles. The molecule has 4 rings (SSSR count). The summed E-state index contributed by atoms with van der Waals surface area (Å²) in [5, 5.41) is 15.8. The Kier molecular flexibility index (Phi) is 6.37. The van der Waals surface area contributed by atoms with Crippen molar-refractivity contribution >= 4 is 23.2 Å². The summed E-state index contributed by atoms with van der Waals surface area (Å²) < 4.78 is 5.39. The second-order valence-corrected chi connectivity index (χ2v) is 7.60. The summed E-state index contributed by atoms with van der Waals surface area (Å²) in [7, 11) is 0. The number of nitrogens with zero attached hydrogens (tertiary/aromatic N) is 5. The van der Waals surface area contributed by atoms with Gasteiger partial charge in [0.05, 0.1) is 13.2 Å². The predicted octanol–water partition coefficient (Wildman–Crippen LogP) is 2.77. The van der Waals surface area contributed by atoms with Crippen LogP contribution in [0.4, 0.5) is 5.69 Å². The van der Waals surface area contributed by atoms with Crippen molar-refractivity contribution in [3.05, 3.63) is 58.6 Å². The first-order chi connectivity index (χ1) is 14.6. The largest absolute Gasteiger partial charge is 0.379 e. The number of halogens is 1. The van der Waals surface area contributed by atoms with Crippen molar-refractivity contribution in [2.75, 3.05) is 31.6 Å². The van der Waals surface area contributed by atoms with Gasteiger partial charge in [0.15, 0.2) is 0 Å². The SMILES string of the molecule is Cc1c(Cl)cccc1NC(=O)Cn1nnc(-c2ccc(CN3CCOCC3)cc2)n1. The molecule has 1 aliphatic rings. The minimum absolute atomic E-state index is 0.0337. The third-order valence-corrected chi connectivity index (χ3v) is 5.41. The molecule has 0 unspecified atom stereocenters. The van der Waals surface area contributed by atoms with Crippen LogP contribution in [0.3, 0.4) is 0 Å². The maximum absolute atomic E-state index is 12.3. The highest BCUT2D eigenvalue weighted by molar-refractivity contribution is 6.31. The third-order valence-electron chi connectivity index (χ3n) is 5.00. The van der Waals surface area contributed by atoms with Crippen molar-refractivity contribution in [1.29, 1.82) is 0 Å². The Balaban J connectivity index is 1.36. The maximum atomic E-state index is 12.3. The van der Waals surface area contributed by atoms with Gasteiger partial charge in [0.1, 0.15) is 6.54 Å². The molecule has 1 fully saturated rings. The quantitative estimate of drug-likeness (QED) is 0.652.